The van der Waals surface area contributed by atoms with Crippen LogP contribution in [0.3, 0.4) is 0 Å². The fraction of sp³-hybridized carbons (Fsp3) is 0.273. The number of nitroso groups, excluding NO2 is 1. The number of carboxylic acids is 1. The minimum Gasteiger partial charge on any atom is -0.480 e. The number of benzene rings is 1. The second-order valence-electron chi connectivity index (χ2n) is 3.57. The SMILES string of the molecule is CC(C(=O)O)N(CNC(=O)c1ccccc1)N=O. The molecule has 0 saturated heterocycles. The molecule has 0 radical (unpaired) electrons. The van der Waals surface area contributed by atoms with E-state index in [1.54, 1.807) is 30.3 Å². The molecule has 0 aliphatic rings. The topological polar surface area (TPSA) is 99.1 Å². The summed E-state index contributed by atoms with van der Waals surface area (Å²) < 4.78 is 0. The number of rotatable bonds is 6. The summed E-state index contributed by atoms with van der Waals surface area (Å²) in [5, 5.41) is 14.4. The third-order valence-electron chi connectivity index (χ3n) is 2.35. The van der Waals surface area contributed by atoms with Gasteiger partial charge >= 0.3 is 5.97 Å². The van der Waals surface area contributed by atoms with Crippen LogP contribution < -0.4 is 5.32 Å². The first kappa shape index (κ1) is 13.6. The van der Waals surface area contributed by atoms with Crippen LogP contribution in [0.15, 0.2) is 35.6 Å². The van der Waals surface area contributed by atoms with Gasteiger partial charge in [-0.3, -0.25) is 4.79 Å². The van der Waals surface area contributed by atoms with Crippen LogP contribution in [-0.4, -0.2) is 34.7 Å². The highest BCUT2D eigenvalue weighted by Crippen LogP contribution is 2.00. The Morgan fingerprint density at radius 2 is 2.00 bits per heavy atom. The molecule has 96 valence electrons. The predicted molar refractivity (Wildman–Crippen MR) is 63.5 cm³/mol. The number of nitrogens with one attached hydrogen (secondary N) is 1. The normalized spacial score (nSPS) is 11.4. The summed E-state index contributed by atoms with van der Waals surface area (Å²) in [6.07, 6.45) is 0. The average Bonchev–Trinajstić information content (AvgIpc) is 2.39. The molecule has 0 aliphatic carbocycles. The number of nitrogens with zero attached hydrogens (tertiary/aromatic N) is 2. The number of hydrogen-bond donors (Lipinski definition) is 2. The lowest BCUT2D eigenvalue weighted by Crippen LogP contribution is -2.42. The van der Waals surface area contributed by atoms with E-state index in [-0.39, 0.29) is 6.67 Å². The van der Waals surface area contributed by atoms with Crippen molar-refractivity contribution in [3.05, 3.63) is 40.8 Å². The summed E-state index contributed by atoms with van der Waals surface area (Å²) >= 11 is 0. The Labute approximate surface area is 103 Å². The summed E-state index contributed by atoms with van der Waals surface area (Å²) in [6, 6.07) is 7.28. The van der Waals surface area contributed by atoms with Gasteiger partial charge in [-0.15, -0.1) is 4.91 Å². The van der Waals surface area contributed by atoms with Crippen LogP contribution in [0.4, 0.5) is 0 Å². The lowest BCUT2D eigenvalue weighted by atomic mass is 10.2. The first-order valence-corrected chi connectivity index (χ1v) is 5.22. The molecule has 0 aromatic heterocycles. The maximum absolute atomic E-state index is 11.6. The highest BCUT2D eigenvalue weighted by molar-refractivity contribution is 5.94. The largest absolute Gasteiger partial charge is 0.480 e. The zero-order valence-corrected chi connectivity index (χ0v) is 9.74. The molecule has 0 spiro atoms. The van der Waals surface area contributed by atoms with Crippen molar-refractivity contribution in [3.8, 4) is 0 Å². The van der Waals surface area contributed by atoms with Crippen molar-refractivity contribution in [2.75, 3.05) is 6.67 Å². The molecular formula is C11H13N3O4. The number of carboxylic acid groups (broad SMARTS) is 1. The predicted octanol–water partition coefficient (Wildman–Crippen LogP) is 0.830. The van der Waals surface area contributed by atoms with Crippen LogP contribution in [0.1, 0.15) is 17.3 Å². The first-order chi connectivity index (χ1) is 8.56. The van der Waals surface area contributed by atoms with Gasteiger partial charge in [0, 0.05) is 5.56 Å². The Kier molecular flexibility index (Phi) is 4.79. The average molecular weight is 251 g/mol. The van der Waals surface area contributed by atoms with Gasteiger partial charge in [-0.2, -0.15) is 0 Å². The van der Waals surface area contributed by atoms with Crippen LogP contribution in [0.5, 0.6) is 0 Å². The van der Waals surface area contributed by atoms with Gasteiger partial charge in [-0.25, -0.2) is 9.80 Å². The molecular weight excluding hydrogens is 238 g/mol. The Bertz CT molecular complexity index is 435. The molecule has 2 N–H and O–H groups in total. The lowest BCUT2D eigenvalue weighted by Gasteiger charge is -2.19. The van der Waals surface area contributed by atoms with Gasteiger partial charge in [0.25, 0.3) is 5.91 Å². The molecule has 1 rings (SSSR count). The van der Waals surface area contributed by atoms with E-state index in [0.717, 1.165) is 5.01 Å². The molecule has 0 saturated carbocycles. The zero-order chi connectivity index (χ0) is 13.5. The van der Waals surface area contributed by atoms with Crippen molar-refractivity contribution in [2.24, 2.45) is 5.29 Å². The molecule has 1 aromatic carbocycles. The number of hydrogen-bond acceptors (Lipinski definition) is 4. The summed E-state index contributed by atoms with van der Waals surface area (Å²) in [4.78, 5) is 32.8. The molecule has 0 heterocycles. The van der Waals surface area contributed by atoms with Crippen molar-refractivity contribution in [2.45, 2.75) is 13.0 Å². The van der Waals surface area contributed by atoms with E-state index in [9.17, 15) is 14.5 Å². The van der Waals surface area contributed by atoms with E-state index in [1.807, 2.05) is 0 Å². The van der Waals surface area contributed by atoms with Gasteiger partial charge in [0.1, 0.15) is 12.7 Å². The molecule has 1 unspecified atom stereocenters. The van der Waals surface area contributed by atoms with Crippen molar-refractivity contribution in [3.63, 3.8) is 0 Å². The zero-order valence-electron chi connectivity index (χ0n) is 9.74. The number of carbonyl (C=O) groups excluding carboxylic acids is 1. The van der Waals surface area contributed by atoms with E-state index in [4.69, 9.17) is 5.11 Å². The van der Waals surface area contributed by atoms with Gasteiger partial charge in [0.05, 0.1) is 5.29 Å². The highest BCUT2D eigenvalue weighted by Gasteiger charge is 2.20. The van der Waals surface area contributed by atoms with Gasteiger partial charge in [-0.1, -0.05) is 18.2 Å². The van der Waals surface area contributed by atoms with E-state index < -0.39 is 17.9 Å². The van der Waals surface area contributed by atoms with Crippen LogP contribution >= 0.6 is 0 Å². The van der Waals surface area contributed by atoms with Crippen molar-refractivity contribution < 1.29 is 14.7 Å². The van der Waals surface area contributed by atoms with E-state index >= 15 is 0 Å². The molecule has 7 heteroatoms. The lowest BCUT2D eigenvalue weighted by molar-refractivity contribution is -0.142. The fourth-order valence-electron chi connectivity index (χ4n) is 1.21. The molecule has 7 nitrogen and oxygen atoms in total. The van der Waals surface area contributed by atoms with Gasteiger partial charge in [-0.05, 0) is 19.1 Å². The molecule has 0 fully saturated rings. The molecule has 1 aromatic rings. The Morgan fingerprint density at radius 3 is 2.50 bits per heavy atom. The standard InChI is InChI=1S/C11H13N3O4/c1-8(11(16)17)14(13-18)7-12-10(15)9-5-3-2-4-6-9/h2-6,8H,7H2,1H3,(H,12,15)(H,16,17). The first-order valence-electron chi connectivity index (χ1n) is 5.22. The van der Waals surface area contributed by atoms with Crippen molar-refractivity contribution in [1.29, 1.82) is 0 Å². The van der Waals surface area contributed by atoms with E-state index in [1.165, 1.54) is 6.92 Å². The molecule has 0 bridgehead atoms. The summed E-state index contributed by atoms with van der Waals surface area (Å²) in [5.74, 6) is -1.59. The van der Waals surface area contributed by atoms with Gasteiger partial charge < -0.3 is 10.4 Å². The third kappa shape index (κ3) is 3.55. The molecule has 1 atom stereocenters. The molecule has 1 amide bonds. The maximum atomic E-state index is 11.6. The summed E-state index contributed by atoms with van der Waals surface area (Å²) in [6.45, 7) is 1.04. The van der Waals surface area contributed by atoms with Crippen LogP contribution in [0.25, 0.3) is 0 Å². The second kappa shape index (κ2) is 6.33. The Morgan fingerprint density at radius 1 is 1.39 bits per heavy atom. The van der Waals surface area contributed by atoms with E-state index in [0.29, 0.717) is 5.56 Å². The van der Waals surface area contributed by atoms with Crippen molar-refractivity contribution >= 4 is 11.9 Å². The van der Waals surface area contributed by atoms with Crippen LogP contribution in [-0.2, 0) is 4.79 Å². The smallest absolute Gasteiger partial charge is 0.327 e. The van der Waals surface area contributed by atoms with Gasteiger partial charge in [0.2, 0.25) is 0 Å². The Balaban J connectivity index is 2.56. The van der Waals surface area contributed by atoms with Gasteiger partial charge in [0.15, 0.2) is 0 Å². The minimum atomic E-state index is -1.19. The summed E-state index contributed by atoms with van der Waals surface area (Å²) in [5.41, 5.74) is 0.423. The van der Waals surface area contributed by atoms with E-state index in [2.05, 4.69) is 10.6 Å². The number of amides is 1. The number of aliphatic carboxylic acids is 1. The van der Waals surface area contributed by atoms with Crippen LogP contribution in [0.2, 0.25) is 0 Å². The minimum absolute atomic E-state index is 0.259. The third-order valence-corrected chi connectivity index (χ3v) is 2.35. The maximum Gasteiger partial charge on any atom is 0.327 e. The molecule has 0 aliphatic heterocycles. The summed E-state index contributed by atoms with van der Waals surface area (Å²) in [7, 11) is 0. The molecule has 18 heavy (non-hydrogen) atoms. The quantitative estimate of drug-likeness (QED) is 0.443. The number of carbonyl (C=O) groups is 2. The monoisotopic (exact) mass is 251 g/mol. The fourth-order valence-corrected chi connectivity index (χ4v) is 1.21. The van der Waals surface area contributed by atoms with Crippen LogP contribution in [0, 0.1) is 4.91 Å². The second-order valence-corrected chi connectivity index (χ2v) is 3.57. The van der Waals surface area contributed by atoms with Crippen molar-refractivity contribution in [1.82, 2.24) is 10.3 Å². The highest BCUT2D eigenvalue weighted by atomic mass is 16.4. The Hall–Kier alpha value is -2.44.